The molecule has 2 aromatic carbocycles. The predicted octanol–water partition coefficient (Wildman–Crippen LogP) is 3.74. The van der Waals surface area contributed by atoms with Crippen LogP contribution in [0.1, 0.15) is 31.4 Å². The van der Waals surface area contributed by atoms with Gasteiger partial charge in [0.15, 0.2) is 0 Å². The number of hydrogen-bond donors (Lipinski definition) is 1. The quantitative estimate of drug-likeness (QED) is 0.705. The molecule has 0 aliphatic heterocycles. The molecule has 0 aliphatic rings. The highest BCUT2D eigenvalue weighted by Gasteiger charge is 2.09. The van der Waals surface area contributed by atoms with Gasteiger partial charge in [0.25, 0.3) is 0 Å². The molecule has 0 spiro atoms. The van der Waals surface area contributed by atoms with Crippen molar-refractivity contribution in [3.63, 3.8) is 0 Å². The SMILES string of the molecule is COc1ccc(OCCCC(=O)N[C@H](C)c2ccc(OC)cc2)cc1. The van der Waals surface area contributed by atoms with Gasteiger partial charge in [-0.25, -0.2) is 0 Å². The second kappa shape index (κ2) is 9.57. The molecule has 1 amide bonds. The Balaban J connectivity index is 1.68. The maximum Gasteiger partial charge on any atom is 0.220 e. The Morgan fingerprint density at radius 2 is 1.44 bits per heavy atom. The lowest BCUT2D eigenvalue weighted by Gasteiger charge is -2.15. The molecule has 0 aliphatic carbocycles. The fraction of sp³-hybridized carbons (Fsp3) is 0.350. The predicted molar refractivity (Wildman–Crippen MR) is 97.3 cm³/mol. The smallest absolute Gasteiger partial charge is 0.220 e. The molecule has 2 rings (SSSR count). The molecule has 0 unspecified atom stereocenters. The van der Waals surface area contributed by atoms with Crippen molar-refractivity contribution >= 4 is 5.91 Å². The van der Waals surface area contributed by atoms with E-state index in [0.29, 0.717) is 19.4 Å². The molecule has 0 saturated carbocycles. The van der Waals surface area contributed by atoms with Crippen LogP contribution in [-0.2, 0) is 4.79 Å². The molecule has 0 saturated heterocycles. The van der Waals surface area contributed by atoms with E-state index in [0.717, 1.165) is 22.8 Å². The van der Waals surface area contributed by atoms with Crippen molar-refractivity contribution in [2.45, 2.75) is 25.8 Å². The van der Waals surface area contributed by atoms with Crippen molar-refractivity contribution < 1.29 is 19.0 Å². The summed E-state index contributed by atoms with van der Waals surface area (Å²) in [6.45, 7) is 2.46. The van der Waals surface area contributed by atoms with E-state index in [9.17, 15) is 4.79 Å². The van der Waals surface area contributed by atoms with Crippen molar-refractivity contribution in [3.05, 3.63) is 54.1 Å². The Hall–Kier alpha value is -2.69. The van der Waals surface area contributed by atoms with Crippen LogP contribution < -0.4 is 19.5 Å². The molecule has 5 heteroatoms. The van der Waals surface area contributed by atoms with Gasteiger partial charge < -0.3 is 19.5 Å². The summed E-state index contributed by atoms with van der Waals surface area (Å²) in [6, 6.07) is 15.0. The molecule has 0 bridgehead atoms. The minimum absolute atomic E-state index is 0.0154. The first-order chi connectivity index (χ1) is 12.1. The summed E-state index contributed by atoms with van der Waals surface area (Å²) in [4.78, 5) is 12.0. The Morgan fingerprint density at radius 3 is 2.00 bits per heavy atom. The summed E-state index contributed by atoms with van der Waals surface area (Å²) in [6.07, 6.45) is 1.09. The van der Waals surface area contributed by atoms with Gasteiger partial charge in [0.2, 0.25) is 5.91 Å². The van der Waals surface area contributed by atoms with E-state index in [1.54, 1.807) is 14.2 Å². The monoisotopic (exact) mass is 343 g/mol. The molecule has 25 heavy (non-hydrogen) atoms. The van der Waals surface area contributed by atoms with Gasteiger partial charge in [0.05, 0.1) is 26.9 Å². The number of ether oxygens (including phenoxy) is 3. The van der Waals surface area contributed by atoms with Crippen molar-refractivity contribution in [1.82, 2.24) is 5.32 Å². The second-order valence-corrected chi connectivity index (χ2v) is 5.69. The van der Waals surface area contributed by atoms with E-state index in [4.69, 9.17) is 14.2 Å². The van der Waals surface area contributed by atoms with Crippen LogP contribution in [-0.4, -0.2) is 26.7 Å². The minimum Gasteiger partial charge on any atom is -0.497 e. The number of rotatable bonds is 9. The van der Waals surface area contributed by atoms with Crippen molar-refractivity contribution in [2.24, 2.45) is 0 Å². The zero-order chi connectivity index (χ0) is 18.1. The van der Waals surface area contributed by atoms with Gasteiger partial charge in [0.1, 0.15) is 17.2 Å². The lowest BCUT2D eigenvalue weighted by molar-refractivity contribution is -0.121. The largest absolute Gasteiger partial charge is 0.497 e. The molecule has 134 valence electrons. The Kier molecular flexibility index (Phi) is 7.14. The van der Waals surface area contributed by atoms with E-state index in [1.165, 1.54) is 0 Å². The number of benzene rings is 2. The summed E-state index contributed by atoms with van der Waals surface area (Å²) < 4.78 is 15.9. The number of carbonyl (C=O) groups excluding carboxylic acids is 1. The van der Waals surface area contributed by atoms with Crippen molar-refractivity contribution in [3.8, 4) is 17.2 Å². The van der Waals surface area contributed by atoms with E-state index in [2.05, 4.69) is 5.32 Å². The first-order valence-electron chi connectivity index (χ1n) is 8.32. The third-order valence-electron chi connectivity index (χ3n) is 3.87. The number of carbonyl (C=O) groups is 1. The lowest BCUT2D eigenvalue weighted by Crippen LogP contribution is -2.26. The molecule has 0 radical (unpaired) electrons. The highest BCUT2D eigenvalue weighted by molar-refractivity contribution is 5.76. The standard InChI is InChI=1S/C20H25NO4/c1-15(16-6-8-17(23-2)9-7-16)21-20(22)5-4-14-25-19-12-10-18(24-3)11-13-19/h6-13,15H,4-5,14H2,1-3H3,(H,21,22)/t15-/m1/s1. The van der Waals surface area contributed by atoms with E-state index < -0.39 is 0 Å². The third-order valence-corrected chi connectivity index (χ3v) is 3.87. The molecule has 0 aromatic heterocycles. The van der Waals surface area contributed by atoms with Crippen LogP contribution in [0.4, 0.5) is 0 Å². The molecular weight excluding hydrogens is 318 g/mol. The zero-order valence-electron chi connectivity index (χ0n) is 15.0. The summed E-state index contributed by atoms with van der Waals surface area (Å²) in [5.74, 6) is 2.38. The fourth-order valence-corrected chi connectivity index (χ4v) is 2.38. The van der Waals surface area contributed by atoms with Gasteiger partial charge in [0, 0.05) is 6.42 Å². The van der Waals surface area contributed by atoms with Gasteiger partial charge in [-0.3, -0.25) is 4.79 Å². The number of amides is 1. The topological polar surface area (TPSA) is 56.8 Å². The molecule has 1 N–H and O–H groups in total. The molecule has 1 atom stereocenters. The van der Waals surface area contributed by atoms with E-state index in [-0.39, 0.29) is 11.9 Å². The highest BCUT2D eigenvalue weighted by atomic mass is 16.5. The fourth-order valence-electron chi connectivity index (χ4n) is 2.38. The first kappa shape index (κ1) is 18.6. The number of nitrogens with one attached hydrogen (secondary N) is 1. The number of hydrogen-bond acceptors (Lipinski definition) is 4. The Morgan fingerprint density at radius 1 is 0.920 bits per heavy atom. The van der Waals surface area contributed by atoms with Crippen LogP contribution in [0.3, 0.4) is 0 Å². The van der Waals surface area contributed by atoms with E-state index in [1.807, 2.05) is 55.5 Å². The van der Waals surface area contributed by atoms with E-state index >= 15 is 0 Å². The lowest BCUT2D eigenvalue weighted by atomic mass is 10.1. The van der Waals surface area contributed by atoms with Crippen LogP contribution in [0, 0.1) is 0 Å². The van der Waals surface area contributed by atoms with Crippen LogP contribution in [0.2, 0.25) is 0 Å². The van der Waals surface area contributed by atoms with Crippen LogP contribution in [0.15, 0.2) is 48.5 Å². The molecule has 0 fully saturated rings. The zero-order valence-corrected chi connectivity index (χ0v) is 15.0. The minimum atomic E-state index is -0.0408. The van der Waals surface area contributed by atoms with Gasteiger partial charge in [-0.05, 0) is 55.3 Å². The first-order valence-corrected chi connectivity index (χ1v) is 8.32. The normalized spacial score (nSPS) is 11.5. The highest BCUT2D eigenvalue weighted by Crippen LogP contribution is 2.18. The number of methoxy groups -OCH3 is 2. The maximum absolute atomic E-state index is 12.0. The van der Waals surface area contributed by atoms with Gasteiger partial charge in [-0.2, -0.15) is 0 Å². The van der Waals surface area contributed by atoms with Crippen molar-refractivity contribution in [1.29, 1.82) is 0 Å². The summed E-state index contributed by atoms with van der Waals surface area (Å²) in [7, 11) is 3.26. The molecule has 0 heterocycles. The van der Waals surface area contributed by atoms with Gasteiger partial charge in [-0.15, -0.1) is 0 Å². The third kappa shape index (κ3) is 6.03. The molecular formula is C20H25NO4. The summed E-state index contributed by atoms with van der Waals surface area (Å²) >= 11 is 0. The maximum atomic E-state index is 12.0. The van der Waals surface area contributed by atoms with Gasteiger partial charge in [-0.1, -0.05) is 12.1 Å². The molecule has 5 nitrogen and oxygen atoms in total. The van der Waals surface area contributed by atoms with Crippen LogP contribution in [0.25, 0.3) is 0 Å². The average molecular weight is 343 g/mol. The second-order valence-electron chi connectivity index (χ2n) is 5.69. The molecule has 2 aromatic rings. The summed E-state index contributed by atoms with van der Waals surface area (Å²) in [5, 5.41) is 3.00. The van der Waals surface area contributed by atoms with Crippen LogP contribution >= 0.6 is 0 Å². The average Bonchev–Trinajstić information content (AvgIpc) is 2.65. The van der Waals surface area contributed by atoms with Crippen molar-refractivity contribution in [2.75, 3.05) is 20.8 Å². The van der Waals surface area contributed by atoms with Crippen LogP contribution in [0.5, 0.6) is 17.2 Å². The Bertz CT molecular complexity index is 652. The summed E-state index contributed by atoms with van der Waals surface area (Å²) in [5.41, 5.74) is 1.05. The van der Waals surface area contributed by atoms with Gasteiger partial charge >= 0.3 is 0 Å². The Labute approximate surface area is 148 Å².